The first-order valence-electron chi connectivity index (χ1n) is 7.28. The molecule has 1 unspecified atom stereocenters. The lowest BCUT2D eigenvalue weighted by molar-refractivity contribution is -0.149. The van der Waals surface area contributed by atoms with E-state index in [1.165, 1.54) is 0 Å². The number of likely N-dealkylation sites (N-methyl/N-ethyl adjacent to an activating group) is 1. The lowest BCUT2D eigenvalue weighted by atomic mass is 10.1. The fraction of sp³-hybridized carbons (Fsp3) is 0.500. The molecule has 0 fully saturated rings. The van der Waals surface area contributed by atoms with Crippen molar-refractivity contribution in [2.24, 2.45) is 0 Å². The lowest BCUT2D eigenvalue weighted by Crippen LogP contribution is -2.40. The summed E-state index contributed by atoms with van der Waals surface area (Å²) in [5.74, 6) is -0.431. The van der Waals surface area contributed by atoms with Crippen LogP contribution in [0.15, 0.2) is 30.3 Å². The first kappa shape index (κ1) is 17.2. The number of esters is 1. The number of benzene rings is 1. The van der Waals surface area contributed by atoms with Crippen LogP contribution in [0.1, 0.15) is 31.9 Å². The molecule has 5 heteroatoms. The van der Waals surface area contributed by atoms with E-state index in [0.717, 1.165) is 12.0 Å². The SMILES string of the molecule is CCCNC(=O)CN(C)C(C(=O)OCC)c1ccccc1. The molecule has 1 N–H and O–H groups in total. The van der Waals surface area contributed by atoms with E-state index in [4.69, 9.17) is 4.74 Å². The molecule has 21 heavy (non-hydrogen) atoms. The maximum absolute atomic E-state index is 12.2. The van der Waals surface area contributed by atoms with Gasteiger partial charge in [-0.15, -0.1) is 0 Å². The van der Waals surface area contributed by atoms with Gasteiger partial charge in [-0.3, -0.25) is 9.69 Å². The molecule has 0 aromatic heterocycles. The van der Waals surface area contributed by atoms with Crippen molar-refractivity contribution in [1.29, 1.82) is 0 Å². The number of carbonyl (C=O) groups is 2. The van der Waals surface area contributed by atoms with E-state index in [-0.39, 0.29) is 18.4 Å². The predicted molar refractivity (Wildman–Crippen MR) is 81.7 cm³/mol. The maximum Gasteiger partial charge on any atom is 0.328 e. The van der Waals surface area contributed by atoms with Crippen LogP contribution >= 0.6 is 0 Å². The highest BCUT2D eigenvalue weighted by atomic mass is 16.5. The van der Waals surface area contributed by atoms with E-state index in [1.54, 1.807) is 18.9 Å². The normalized spacial score (nSPS) is 12.0. The molecule has 116 valence electrons. The van der Waals surface area contributed by atoms with Gasteiger partial charge in [0.05, 0.1) is 13.2 Å². The Bertz CT molecular complexity index is 448. The van der Waals surface area contributed by atoms with Crippen molar-refractivity contribution in [3.05, 3.63) is 35.9 Å². The van der Waals surface area contributed by atoms with Gasteiger partial charge in [-0.2, -0.15) is 0 Å². The molecule has 0 saturated heterocycles. The quantitative estimate of drug-likeness (QED) is 0.742. The van der Waals surface area contributed by atoms with Gasteiger partial charge in [0.25, 0.3) is 0 Å². The molecule has 0 bridgehead atoms. The first-order valence-corrected chi connectivity index (χ1v) is 7.28. The number of carbonyl (C=O) groups excluding carboxylic acids is 2. The van der Waals surface area contributed by atoms with Crippen LogP contribution < -0.4 is 5.32 Å². The van der Waals surface area contributed by atoms with Crippen molar-refractivity contribution in [2.75, 3.05) is 26.7 Å². The molecule has 1 amide bonds. The van der Waals surface area contributed by atoms with Gasteiger partial charge in [-0.1, -0.05) is 37.3 Å². The monoisotopic (exact) mass is 292 g/mol. The minimum absolute atomic E-state index is 0.0930. The Balaban J connectivity index is 2.81. The summed E-state index contributed by atoms with van der Waals surface area (Å²) >= 11 is 0. The number of rotatable bonds is 8. The molecule has 1 rings (SSSR count). The van der Waals surface area contributed by atoms with Gasteiger partial charge in [0.1, 0.15) is 6.04 Å². The summed E-state index contributed by atoms with van der Waals surface area (Å²) in [7, 11) is 1.75. The Hall–Kier alpha value is -1.88. The Labute approximate surface area is 126 Å². The van der Waals surface area contributed by atoms with Gasteiger partial charge in [0.2, 0.25) is 5.91 Å². The van der Waals surface area contributed by atoms with Crippen LogP contribution in [0.2, 0.25) is 0 Å². The summed E-state index contributed by atoms with van der Waals surface area (Å²) in [6.07, 6.45) is 0.884. The third-order valence-electron chi connectivity index (χ3n) is 3.03. The van der Waals surface area contributed by atoms with E-state index in [9.17, 15) is 9.59 Å². The molecule has 0 aliphatic rings. The highest BCUT2D eigenvalue weighted by Crippen LogP contribution is 2.20. The van der Waals surface area contributed by atoms with Gasteiger partial charge in [-0.05, 0) is 26.0 Å². The van der Waals surface area contributed by atoms with Gasteiger partial charge < -0.3 is 10.1 Å². The Kier molecular flexibility index (Phi) is 7.46. The molecule has 5 nitrogen and oxygen atoms in total. The smallest absolute Gasteiger partial charge is 0.328 e. The van der Waals surface area contributed by atoms with Crippen molar-refractivity contribution in [3.63, 3.8) is 0 Å². The summed E-state index contributed by atoms with van der Waals surface area (Å²) in [5.41, 5.74) is 0.821. The topological polar surface area (TPSA) is 58.6 Å². The van der Waals surface area contributed by atoms with Gasteiger partial charge in [0.15, 0.2) is 0 Å². The number of hydrogen-bond donors (Lipinski definition) is 1. The molecule has 1 aromatic carbocycles. The number of hydrogen-bond acceptors (Lipinski definition) is 4. The molecule has 0 saturated carbocycles. The van der Waals surface area contributed by atoms with E-state index in [2.05, 4.69) is 5.32 Å². The molecule has 0 radical (unpaired) electrons. The Morgan fingerprint density at radius 3 is 2.48 bits per heavy atom. The van der Waals surface area contributed by atoms with Crippen molar-refractivity contribution in [1.82, 2.24) is 10.2 Å². The second-order valence-electron chi connectivity index (χ2n) is 4.83. The van der Waals surface area contributed by atoms with Crippen molar-refractivity contribution < 1.29 is 14.3 Å². The maximum atomic E-state index is 12.2. The fourth-order valence-electron chi connectivity index (χ4n) is 2.07. The third-order valence-corrected chi connectivity index (χ3v) is 3.03. The standard InChI is InChI=1S/C16H24N2O3/c1-4-11-17-14(19)12-18(3)15(16(20)21-5-2)13-9-7-6-8-10-13/h6-10,15H,4-5,11-12H2,1-3H3,(H,17,19). The van der Waals surface area contributed by atoms with Crippen LogP contribution in [0.3, 0.4) is 0 Å². The van der Waals surface area contributed by atoms with E-state index in [1.807, 2.05) is 37.3 Å². The number of nitrogens with one attached hydrogen (secondary N) is 1. The number of nitrogens with zero attached hydrogens (tertiary/aromatic N) is 1. The van der Waals surface area contributed by atoms with Gasteiger partial charge in [0, 0.05) is 6.54 Å². The van der Waals surface area contributed by atoms with Crippen LogP contribution in [-0.4, -0.2) is 43.5 Å². The summed E-state index contributed by atoms with van der Waals surface area (Å²) < 4.78 is 5.13. The average molecular weight is 292 g/mol. The Morgan fingerprint density at radius 1 is 1.24 bits per heavy atom. The second-order valence-corrected chi connectivity index (χ2v) is 4.83. The fourth-order valence-corrected chi connectivity index (χ4v) is 2.07. The van der Waals surface area contributed by atoms with E-state index < -0.39 is 6.04 Å². The average Bonchev–Trinajstić information content (AvgIpc) is 2.46. The predicted octanol–water partition coefficient (Wildman–Crippen LogP) is 1.75. The van der Waals surface area contributed by atoms with Crippen LogP contribution in [0, 0.1) is 0 Å². The summed E-state index contributed by atoms with van der Waals surface area (Å²) in [6, 6.07) is 8.78. The third kappa shape index (κ3) is 5.55. The van der Waals surface area contributed by atoms with Gasteiger partial charge >= 0.3 is 5.97 Å². The van der Waals surface area contributed by atoms with Crippen molar-refractivity contribution in [3.8, 4) is 0 Å². The largest absolute Gasteiger partial charge is 0.465 e. The van der Waals surface area contributed by atoms with E-state index >= 15 is 0 Å². The second kappa shape index (κ2) is 9.13. The summed E-state index contributed by atoms with van der Waals surface area (Å²) in [6.45, 7) is 4.88. The number of ether oxygens (including phenoxy) is 1. The van der Waals surface area contributed by atoms with Gasteiger partial charge in [-0.25, -0.2) is 4.79 Å². The number of amides is 1. The minimum Gasteiger partial charge on any atom is -0.465 e. The highest BCUT2D eigenvalue weighted by molar-refractivity contribution is 5.81. The van der Waals surface area contributed by atoms with E-state index in [0.29, 0.717) is 13.2 Å². The summed E-state index contributed by atoms with van der Waals surface area (Å²) in [5, 5.41) is 2.81. The zero-order valence-corrected chi connectivity index (χ0v) is 13.0. The van der Waals surface area contributed by atoms with Crippen molar-refractivity contribution >= 4 is 11.9 Å². The minimum atomic E-state index is -0.571. The van der Waals surface area contributed by atoms with Crippen molar-refractivity contribution in [2.45, 2.75) is 26.3 Å². The van der Waals surface area contributed by atoms with Crippen LogP contribution in [0.4, 0.5) is 0 Å². The first-order chi connectivity index (χ1) is 10.1. The molecular weight excluding hydrogens is 268 g/mol. The lowest BCUT2D eigenvalue weighted by Gasteiger charge is -2.26. The molecule has 1 atom stereocenters. The van der Waals surface area contributed by atoms with Crippen LogP contribution in [0.25, 0.3) is 0 Å². The van der Waals surface area contributed by atoms with Crippen LogP contribution in [-0.2, 0) is 14.3 Å². The molecule has 0 aliphatic carbocycles. The zero-order chi connectivity index (χ0) is 15.7. The highest BCUT2D eigenvalue weighted by Gasteiger charge is 2.27. The Morgan fingerprint density at radius 2 is 1.90 bits per heavy atom. The zero-order valence-electron chi connectivity index (χ0n) is 13.0. The molecule has 0 heterocycles. The molecule has 1 aromatic rings. The summed E-state index contributed by atoms with van der Waals surface area (Å²) in [4.78, 5) is 25.7. The molecular formula is C16H24N2O3. The molecule has 0 spiro atoms. The van der Waals surface area contributed by atoms with Crippen LogP contribution in [0.5, 0.6) is 0 Å². The molecule has 0 aliphatic heterocycles.